The fourth-order valence-corrected chi connectivity index (χ4v) is 2.93. The summed E-state index contributed by atoms with van der Waals surface area (Å²) in [7, 11) is 0. The molecular formula is C18H13ClN2O. The lowest BCUT2D eigenvalue weighted by Crippen LogP contribution is -2.03. The van der Waals surface area contributed by atoms with Gasteiger partial charge in [-0.25, -0.2) is 4.98 Å². The number of aromatic nitrogens is 1. The minimum absolute atomic E-state index is 0.0567. The van der Waals surface area contributed by atoms with Gasteiger partial charge in [0.2, 0.25) is 0 Å². The number of halogens is 1. The van der Waals surface area contributed by atoms with E-state index in [4.69, 9.17) is 16.4 Å². The van der Waals surface area contributed by atoms with Crippen molar-refractivity contribution in [3.63, 3.8) is 0 Å². The Kier molecular flexibility index (Phi) is 3.28. The van der Waals surface area contributed by atoms with Gasteiger partial charge in [0.25, 0.3) is 0 Å². The molecule has 0 radical (unpaired) electrons. The smallest absolute Gasteiger partial charge is 0.158 e. The van der Waals surface area contributed by atoms with E-state index in [0.717, 1.165) is 27.7 Å². The molecule has 4 heteroatoms. The van der Waals surface area contributed by atoms with Crippen LogP contribution in [0.3, 0.4) is 0 Å². The highest BCUT2D eigenvalue weighted by atomic mass is 35.5. The van der Waals surface area contributed by atoms with Gasteiger partial charge in [0.1, 0.15) is 5.15 Å². The lowest BCUT2D eigenvalue weighted by atomic mass is 10.0. The lowest BCUT2D eigenvalue weighted by Gasteiger charge is -2.08. The highest BCUT2D eigenvalue weighted by molar-refractivity contribution is 6.33. The molecule has 0 saturated carbocycles. The van der Waals surface area contributed by atoms with Crippen molar-refractivity contribution in [1.29, 1.82) is 0 Å². The second kappa shape index (κ2) is 5.43. The molecule has 1 unspecified atom stereocenters. The molecule has 0 aliphatic carbocycles. The fourth-order valence-electron chi connectivity index (χ4n) is 2.68. The Morgan fingerprint density at radius 1 is 1.00 bits per heavy atom. The topological polar surface area (TPSA) is 34.5 Å². The first-order valence-corrected chi connectivity index (χ1v) is 7.52. The number of rotatable bonds is 2. The normalized spacial score (nSPS) is 17.3. The summed E-state index contributed by atoms with van der Waals surface area (Å²) in [6, 6.07) is 20.0. The van der Waals surface area contributed by atoms with Crippen LogP contribution in [0.5, 0.6) is 0 Å². The summed E-state index contributed by atoms with van der Waals surface area (Å²) >= 11 is 6.33. The Hall–Kier alpha value is -2.39. The van der Waals surface area contributed by atoms with E-state index in [1.165, 1.54) is 0 Å². The van der Waals surface area contributed by atoms with E-state index in [1.54, 1.807) is 0 Å². The summed E-state index contributed by atoms with van der Waals surface area (Å²) in [4.78, 5) is 10.0. The Morgan fingerprint density at radius 2 is 1.77 bits per heavy atom. The SMILES string of the molecule is Clc1nc2ccccc2cc1C1=NOC(c2ccccc2)C1. The van der Waals surface area contributed by atoms with Gasteiger partial charge in [-0.15, -0.1) is 0 Å². The van der Waals surface area contributed by atoms with Crippen LogP contribution in [0.25, 0.3) is 10.9 Å². The quantitative estimate of drug-likeness (QED) is 0.640. The van der Waals surface area contributed by atoms with Crippen molar-refractivity contribution < 1.29 is 4.84 Å². The third-order valence-electron chi connectivity index (χ3n) is 3.83. The van der Waals surface area contributed by atoms with E-state index in [9.17, 15) is 0 Å². The van der Waals surface area contributed by atoms with Crippen molar-refractivity contribution in [2.45, 2.75) is 12.5 Å². The second-order valence-corrected chi connectivity index (χ2v) is 5.62. The predicted molar refractivity (Wildman–Crippen MR) is 88.2 cm³/mol. The standard InChI is InChI=1S/C18H13ClN2O/c19-18-14(10-13-8-4-5-9-15(13)20-18)16-11-17(22-21-16)12-6-2-1-3-7-12/h1-10,17H,11H2. The maximum Gasteiger partial charge on any atom is 0.158 e. The average molecular weight is 309 g/mol. The molecule has 0 saturated heterocycles. The van der Waals surface area contributed by atoms with Gasteiger partial charge in [0.15, 0.2) is 6.10 Å². The maximum atomic E-state index is 6.33. The molecule has 1 aromatic heterocycles. The number of fused-ring (bicyclic) bond motifs is 1. The number of nitrogens with zero attached hydrogens (tertiary/aromatic N) is 2. The van der Waals surface area contributed by atoms with Gasteiger partial charge >= 0.3 is 0 Å². The van der Waals surface area contributed by atoms with E-state index in [-0.39, 0.29) is 6.10 Å². The zero-order valence-electron chi connectivity index (χ0n) is 11.7. The molecule has 0 amide bonds. The van der Waals surface area contributed by atoms with Crippen molar-refractivity contribution in [2.75, 3.05) is 0 Å². The van der Waals surface area contributed by atoms with Crippen LogP contribution in [-0.2, 0) is 4.84 Å². The molecule has 22 heavy (non-hydrogen) atoms. The molecule has 3 aromatic rings. The Morgan fingerprint density at radius 3 is 2.64 bits per heavy atom. The zero-order chi connectivity index (χ0) is 14.9. The van der Waals surface area contributed by atoms with Gasteiger partial charge in [-0.2, -0.15) is 0 Å². The zero-order valence-corrected chi connectivity index (χ0v) is 12.5. The third-order valence-corrected chi connectivity index (χ3v) is 4.12. The summed E-state index contributed by atoms with van der Waals surface area (Å²) in [6.45, 7) is 0. The van der Waals surface area contributed by atoms with Crippen molar-refractivity contribution in [1.82, 2.24) is 4.98 Å². The van der Waals surface area contributed by atoms with Crippen LogP contribution in [0, 0.1) is 0 Å². The van der Waals surface area contributed by atoms with E-state index < -0.39 is 0 Å². The summed E-state index contributed by atoms with van der Waals surface area (Å²) in [5.74, 6) is 0. The van der Waals surface area contributed by atoms with Crippen molar-refractivity contribution in [3.05, 3.63) is 76.9 Å². The van der Waals surface area contributed by atoms with Gasteiger partial charge in [0.05, 0.1) is 11.2 Å². The highest BCUT2D eigenvalue weighted by Gasteiger charge is 2.25. The molecule has 1 aliphatic heterocycles. The molecule has 0 spiro atoms. The van der Waals surface area contributed by atoms with Crippen LogP contribution in [0.15, 0.2) is 65.8 Å². The minimum atomic E-state index is -0.0567. The Balaban J connectivity index is 1.67. The van der Waals surface area contributed by atoms with Gasteiger partial charge in [-0.1, -0.05) is 65.3 Å². The van der Waals surface area contributed by atoms with Gasteiger partial charge in [0, 0.05) is 17.4 Å². The molecule has 3 nitrogen and oxygen atoms in total. The average Bonchev–Trinajstić information content (AvgIpc) is 3.05. The van der Waals surface area contributed by atoms with E-state index in [1.807, 2.05) is 60.7 Å². The Labute approximate surface area is 133 Å². The summed E-state index contributed by atoms with van der Waals surface area (Å²) < 4.78 is 0. The molecule has 0 bridgehead atoms. The lowest BCUT2D eigenvalue weighted by molar-refractivity contribution is 0.0857. The molecule has 0 fully saturated rings. The number of pyridine rings is 1. The number of benzene rings is 2. The van der Waals surface area contributed by atoms with Crippen molar-refractivity contribution >= 4 is 28.2 Å². The van der Waals surface area contributed by atoms with Crippen molar-refractivity contribution in [3.8, 4) is 0 Å². The second-order valence-electron chi connectivity index (χ2n) is 5.27. The first kappa shape index (κ1) is 13.3. The Bertz CT molecular complexity index is 861. The summed E-state index contributed by atoms with van der Waals surface area (Å²) in [5, 5.41) is 5.74. The number of para-hydroxylation sites is 1. The maximum absolute atomic E-state index is 6.33. The van der Waals surface area contributed by atoms with E-state index in [2.05, 4.69) is 10.1 Å². The number of hydrogen-bond acceptors (Lipinski definition) is 3. The van der Waals surface area contributed by atoms with E-state index in [0.29, 0.717) is 11.6 Å². The summed E-state index contributed by atoms with van der Waals surface area (Å²) in [6.07, 6.45) is 0.641. The van der Waals surface area contributed by atoms with Crippen LogP contribution in [0.4, 0.5) is 0 Å². The first-order valence-electron chi connectivity index (χ1n) is 7.14. The van der Waals surface area contributed by atoms with E-state index >= 15 is 0 Å². The van der Waals surface area contributed by atoms with Gasteiger partial charge in [-0.05, 0) is 17.7 Å². The van der Waals surface area contributed by atoms with Crippen LogP contribution >= 0.6 is 11.6 Å². The molecule has 108 valence electrons. The van der Waals surface area contributed by atoms with Crippen LogP contribution in [-0.4, -0.2) is 10.7 Å². The largest absolute Gasteiger partial charge is 0.387 e. The first-order chi connectivity index (χ1) is 10.8. The van der Waals surface area contributed by atoms with Crippen LogP contribution < -0.4 is 0 Å². The molecule has 1 atom stereocenters. The molecule has 2 heterocycles. The molecule has 2 aromatic carbocycles. The molecule has 0 N–H and O–H groups in total. The highest BCUT2D eigenvalue weighted by Crippen LogP contribution is 2.32. The number of oxime groups is 1. The number of hydrogen-bond donors (Lipinski definition) is 0. The van der Waals surface area contributed by atoms with Gasteiger partial charge < -0.3 is 4.84 Å². The molecular weight excluding hydrogens is 296 g/mol. The van der Waals surface area contributed by atoms with Crippen LogP contribution in [0.1, 0.15) is 23.7 Å². The third kappa shape index (κ3) is 2.34. The van der Waals surface area contributed by atoms with Crippen LogP contribution in [0.2, 0.25) is 5.15 Å². The minimum Gasteiger partial charge on any atom is -0.387 e. The molecule has 4 rings (SSSR count). The fraction of sp³-hybridized carbons (Fsp3) is 0.111. The monoisotopic (exact) mass is 308 g/mol. The van der Waals surface area contributed by atoms with Gasteiger partial charge in [-0.3, -0.25) is 0 Å². The predicted octanol–water partition coefficient (Wildman–Crippen LogP) is 4.75. The summed E-state index contributed by atoms with van der Waals surface area (Å²) in [5.41, 5.74) is 3.69. The van der Waals surface area contributed by atoms with Crippen molar-refractivity contribution in [2.24, 2.45) is 5.16 Å². The molecule has 1 aliphatic rings.